The van der Waals surface area contributed by atoms with Crippen LogP contribution in [0, 0.1) is 10.8 Å². The van der Waals surface area contributed by atoms with E-state index in [1.165, 1.54) is 11.8 Å². The zero-order chi connectivity index (χ0) is 51.6. The van der Waals surface area contributed by atoms with E-state index >= 15 is 0 Å². The van der Waals surface area contributed by atoms with Gasteiger partial charge in [-0.1, -0.05) is 52.8 Å². The first-order valence-electron chi connectivity index (χ1n) is 23.3. The number of aromatic nitrogens is 3. The van der Waals surface area contributed by atoms with Crippen molar-refractivity contribution in [2.75, 3.05) is 52.4 Å². The monoisotopic (exact) mass is 1070 g/mol. The van der Waals surface area contributed by atoms with Crippen LogP contribution in [-0.4, -0.2) is 84.4 Å². The third kappa shape index (κ3) is 12.3. The highest BCUT2D eigenvalue weighted by atomic mass is 32.2. The topological polar surface area (TPSA) is 262 Å². The molecule has 0 saturated heterocycles. The van der Waals surface area contributed by atoms with E-state index < -0.39 is 40.9 Å². The Morgan fingerprint density at radius 2 is 1.04 bits per heavy atom. The van der Waals surface area contributed by atoms with Gasteiger partial charge >= 0.3 is 0 Å². The van der Waals surface area contributed by atoms with Crippen LogP contribution in [0.25, 0.3) is 0 Å². The molecule has 2 aromatic carbocycles. The Morgan fingerprint density at radius 3 is 1.41 bits per heavy atom. The second-order valence-corrected chi connectivity index (χ2v) is 24.6. The fraction of sp³-hybridized carbons (Fsp3) is 0.468. The number of nitrogens with one attached hydrogen (secondary N) is 2. The number of unbranched alkanes of at least 4 members (excludes halogenated alkanes) is 1. The molecule has 3 aromatic heterocycles. The number of nitrogens with zero attached hydrogens (tertiary/aromatic N) is 9. The standard InChI is InChI=1S/C47H59N11O8S5/c1-10-15-20-67-45-51-43(48-33-21-27(57(11-2)12-3)16-18-31(33)53-55-41-39(70(61,62)63)29-23-46(6,7)25-35(59)37(29)68-41)50-44(52-45)49-34-22-28(58(13-4)14-5)17-19-32(34)54-56-42-40(71(64,65)66)30-24-47(8,9)26-36(60)38(30)69-42/h16-19,21-22H,10-15,20,23-26H2,1-9H3,(H,61,62,63)(H,64,65,66)(H2,48,49,50,51,52). The Kier molecular flexibility index (Phi) is 16.2. The van der Waals surface area contributed by atoms with E-state index in [1.54, 1.807) is 12.1 Å². The van der Waals surface area contributed by atoms with Crippen LogP contribution in [0.4, 0.5) is 56.0 Å². The maximum absolute atomic E-state index is 13.2. The van der Waals surface area contributed by atoms with Gasteiger partial charge in [-0.25, -0.2) is 0 Å². The first-order valence-corrected chi connectivity index (χ1v) is 28.8. The third-order valence-electron chi connectivity index (χ3n) is 12.0. The molecule has 2 aliphatic carbocycles. The van der Waals surface area contributed by atoms with Crippen molar-refractivity contribution in [2.45, 2.75) is 116 Å². The molecule has 0 atom stereocenters. The average Bonchev–Trinajstić information content (AvgIpc) is 3.85. The van der Waals surface area contributed by atoms with Crippen LogP contribution in [0.3, 0.4) is 0 Å². The Bertz CT molecular complexity index is 2940. The fourth-order valence-electron chi connectivity index (χ4n) is 8.69. The highest BCUT2D eigenvalue weighted by Crippen LogP contribution is 2.49. The molecule has 5 aromatic rings. The first-order chi connectivity index (χ1) is 33.5. The second-order valence-electron chi connectivity index (χ2n) is 18.8. The van der Waals surface area contributed by atoms with Crippen LogP contribution < -0.4 is 20.4 Å². The summed E-state index contributed by atoms with van der Waals surface area (Å²) in [5, 5.41) is 24.5. The molecular formula is C47H59N11O8S5. The fourth-order valence-corrected chi connectivity index (χ4v) is 14.1. The molecule has 0 spiro atoms. The molecule has 2 aliphatic rings. The van der Waals surface area contributed by atoms with Gasteiger partial charge in [-0.05, 0) is 105 Å². The molecule has 0 unspecified atom stereocenters. The lowest BCUT2D eigenvalue weighted by Crippen LogP contribution is -2.26. The van der Waals surface area contributed by atoms with Crippen molar-refractivity contribution in [2.24, 2.45) is 31.3 Å². The number of ketones is 2. The number of rotatable bonds is 20. The van der Waals surface area contributed by atoms with Crippen molar-refractivity contribution in [1.82, 2.24) is 15.0 Å². The van der Waals surface area contributed by atoms with Gasteiger partial charge in [0.1, 0.15) is 21.2 Å². The van der Waals surface area contributed by atoms with Crippen molar-refractivity contribution >= 4 is 122 Å². The Labute approximate surface area is 427 Å². The van der Waals surface area contributed by atoms with Gasteiger partial charge in [0, 0.05) is 56.1 Å². The minimum Gasteiger partial charge on any atom is -0.372 e. The van der Waals surface area contributed by atoms with Gasteiger partial charge in [-0.2, -0.15) is 31.8 Å². The molecule has 0 radical (unpaired) electrons. The van der Waals surface area contributed by atoms with Crippen LogP contribution in [0.5, 0.6) is 0 Å². The lowest BCUT2D eigenvalue weighted by atomic mass is 9.76. The number of azo groups is 2. The maximum atomic E-state index is 13.2. The number of hydrogen-bond acceptors (Lipinski definition) is 20. The molecule has 3 heterocycles. The van der Waals surface area contributed by atoms with E-state index in [2.05, 4.69) is 47.8 Å². The van der Waals surface area contributed by atoms with Gasteiger partial charge in [0.2, 0.25) is 11.9 Å². The first kappa shape index (κ1) is 53.6. The molecule has 7 rings (SSSR count). The molecule has 0 bridgehead atoms. The summed E-state index contributed by atoms with van der Waals surface area (Å²) in [6.45, 7) is 20.4. The lowest BCUT2D eigenvalue weighted by Gasteiger charge is -2.28. The Balaban J connectivity index is 1.32. The van der Waals surface area contributed by atoms with Crippen LogP contribution in [0.1, 0.15) is 118 Å². The minimum absolute atomic E-state index is 0.116. The average molecular weight is 1070 g/mol. The number of thioether (sulfide) groups is 1. The minimum atomic E-state index is -4.80. The predicted molar refractivity (Wildman–Crippen MR) is 282 cm³/mol. The van der Waals surface area contributed by atoms with E-state index in [-0.39, 0.29) is 91.4 Å². The highest BCUT2D eigenvalue weighted by molar-refractivity contribution is 7.99. The van der Waals surface area contributed by atoms with Crippen molar-refractivity contribution in [3.05, 3.63) is 57.3 Å². The summed E-state index contributed by atoms with van der Waals surface area (Å²) in [6, 6.07) is 10.8. The zero-order valence-electron chi connectivity index (χ0n) is 41.2. The quantitative estimate of drug-likeness (QED) is 0.0244. The van der Waals surface area contributed by atoms with E-state index in [4.69, 9.17) is 15.0 Å². The molecule has 0 aliphatic heterocycles. The van der Waals surface area contributed by atoms with Gasteiger partial charge in [0.05, 0.1) is 21.1 Å². The van der Waals surface area contributed by atoms with E-state index in [1.807, 2.05) is 79.7 Å². The summed E-state index contributed by atoms with van der Waals surface area (Å²) in [6.07, 6.45) is 2.76. The van der Waals surface area contributed by atoms with E-state index in [0.717, 1.165) is 46.9 Å². The summed E-state index contributed by atoms with van der Waals surface area (Å²) in [4.78, 5) is 44.6. The number of Topliss-reactive ketones (excluding diaryl/α,β-unsaturated/α-hetero) is 2. The van der Waals surface area contributed by atoms with Crippen molar-refractivity contribution in [1.29, 1.82) is 0 Å². The van der Waals surface area contributed by atoms with Gasteiger partial charge in [-0.3, -0.25) is 18.7 Å². The number of carbonyl (C=O) groups is 2. The molecule has 4 N–H and O–H groups in total. The SMILES string of the molecule is CCCCSc1nc(Nc2cc(N(CC)CC)ccc2N=Nc2sc3c(c2S(=O)(=O)O)CC(C)(C)CC3=O)nc(Nc2cc(N(CC)CC)ccc2N=Nc2sc3c(c2S(=O)(=O)O)CC(C)(C)CC3=O)n1. The van der Waals surface area contributed by atoms with Crippen molar-refractivity contribution in [3.8, 4) is 0 Å². The maximum Gasteiger partial charge on any atom is 0.297 e. The van der Waals surface area contributed by atoms with E-state index in [0.29, 0.717) is 48.5 Å². The molecule has 0 saturated carbocycles. The van der Waals surface area contributed by atoms with E-state index in [9.17, 15) is 35.5 Å². The summed E-state index contributed by atoms with van der Waals surface area (Å²) < 4.78 is 72.3. The third-order valence-corrected chi connectivity index (χ3v) is 17.5. The van der Waals surface area contributed by atoms with Crippen LogP contribution in [0.2, 0.25) is 0 Å². The molecule has 0 amide bonds. The smallest absolute Gasteiger partial charge is 0.297 e. The lowest BCUT2D eigenvalue weighted by molar-refractivity contribution is 0.0907. The van der Waals surface area contributed by atoms with Gasteiger partial charge in [0.15, 0.2) is 26.7 Å². The van der Waals surface area contributed by atoms with Crippen molar-refractivity contribution < 1.29 is 35.5 Å². The number of hydrogen-bond donors (Lipinski definition) is 4. The normalized spacial score (nSPS) is 15.6. The number of thiophene rings is 2. The Hall–Kier alpha value is -5.24. The van der Waals surface area contributed by atoms with Crippen molar-refractivity contribution in [3.63, 3.8) is 0 Å². The highest BCUT2D eigenvalue weighted by Gasteiger charge is 2.40. The number of fused-ring (bicyclic) bond motifs is 2. The molecule has 71 heavy (non-hydrogen) atoms. The number of carbonyl (C=O) groups excluding carboxylic acids is 2. The number of anilines is 6. The zero-order valence-corrected chi connectivity index (χ0v) is 45.2. The predicted octanol–water partition coefficient (Wildman–Crippen LogP) is 12.7. The summed E-state index contributed by atoms with van der Waals surface area (Å²) in [5.41, 5.74) is 2.44. The second kappa shape index (κ2) is 21.5. The summed E-state index contributed by atoms with van der Waals surface area (Å²) in [7, 11) is -9.60. The van der Waals surface area contributed by atoms with Gasteiger partial charge in [0.25, 0.3) is 20.2 Å². The molecular weight excluding hydrogens is 1010 g/mol. The molecule has 19 nitrogen and oxygen atoms in total. The van der Waals surface area contributed by atoms with Crippen LogP contribution in [0.15, 0.2) is 71.8 Å². The summed E-state index contributed by atoms with van der Waals surface area (Å²) >= 11 is 3.19. The molecule has 24 heteroatoms. The van der Waals surface area contributed by atoms with Gasteiger partial charge < -0.3 is 20.4 Å². The molecule has 380 valence electrons. The molecule has 0 fully saturated rings. The van der Waals surface area contributed by atoms with Crippen LogP contribution >= 0.6 is 34.4 Å². The Morgan fingerprint density at radius 1 is 0.634 bits per heavy atom. The van der Waals surface area contributed by atoms with Gasteiger partial charge in [-0.15, -0.1) is 43.1 Å². The van der Waals surface area contributed by atoms with Crippen LogP contribution in [-0.2, 0) is 33.1 Å². The largest absolute Gasteiger partial charge is 0.372 e. The number of benzene rings is 2. The summed E-state index contributed by atoms with van der Waals surface area (Å²) in [5.74, 6) is 0.480.